The monoisotopic (exact) mass is 537 g/mol. The first-order valence-corrected chi connectivity index (χ1v) is 13.7. The van der Waals surface area contributed by atoms with Crippen molar-refractivity contribution in [1.29, 1.82) is 0 Å². The van der Waals surface area contributed by atoms with Crippen LogP contribution in [-0.2, 0) is 9.47 Å². The number of nitrogens with one attached hydrogen (secondary N) is 1. The highest BCUT2D eigenvalue weighted by Crippen LogP contribution is 2.43. The molecule has 2 aliphatic rings. The van der Waals surface area contributed by atoms with E-state index < -0.39 is 11.7 Å². The normalized spacial score (nSPS) is 23.9. The van der Waals surface area contributed by atoms with Gasteiger partial charge in [0.1, 0.15) is 5.60 Å². The summed E-state index contributed by atoms with van der Waals surface area (Å²) in [5.74, 6) is 0.785. The van der Waals surface area contributed by atoms with Crippen LogP contribution in [0.3, 0.4) is 0 Å². The van der Waals surface area contributed by atoms with Crippen LogP contribution in [-0.4, -0.2) is 62.9 Å². The molecule has 1 amide bonds. The van der Waals surface area contributed by atoms with Gasteiger partial charge in [0.25, 0.3) is 0 Å². The molecule has 0 aromatic carbocycles. The van der Waals surface area contributed by atoms with E-state index in [1.807, 2.05) is 49.7 Å². The smallest absolute Gasteiger partial charge is 0.407 e. The SMILES string of the molecule is C[C@H]1CC2(CCN(c3ncc(Sc4cccnc4C=CN)c4nccn34)CC2NC(=O)OC(C)(C)C)CO1. The molecule has 3 aromatic rings. The standard InChI is InChI=1S/C27H35N7O3S/c1-18-14-27(17-36-18)8-12-33(16-22(27)32-25(35)37-26(2,3)4)24-31-15-21(23-30-11-13-34(23)24)38-20-6-5-10-29-19(20)7-9-28/h5-7,9-11,13,15,18,22H,8,12,14,16-17,28H2,1-4H3,(H,32,35)/t18-,22?,27?/m0/s1. The predicted octanol–water partition coefficient (Wildman–Crippen LogP) is 4.10. The molecule has 2 fully saturated rings. The summed E-state index contributed by atoms with van der Waals surface area (Å²) < 4.78 is 13.6. The van der Waals surface area contributed by atoms with E-state index in [-0.39, 0.29) is 17.6 Å². The molecule has 0 aliphatic carbocycles. The molecular formula is C27H35N7O3S. The molecule has 38 heavy (non-hydrogen) atoms. The van der Waals surface area contributed by atoms with Crippen LogP contribution in [0, 0.1) is 5.41 Å². The number of nitrogens with two attached hydrogens (primary N) is 1. The number of pyridine rings is 1. The van der Waals surface area contributed by atoms with Crippen LogP contribution >= 0.6 is 11.8 Å². The van der Waals surface area contributed by atoms with Crippen molar-refractivity contribution in [2.45, 2.75) is 68.1 Å². The summed E-state index contributed by atoms with van der Waals surface area (Å²) in [4.78, 5) is 30.8. The highest BCUT2D eigenvalue weighted by Gasteiger charge is 2.49. The topological polar surface area (TPSA) is 120 Å². The number of amides is 1. The van der Waals surface area contributed by atoms with Gasteiger partial charge in [0.15, 0.2) is 5.65 Å². The van der Waals surface area contributed by atoms with Crippen molar-refractivity contribution in [1.82, 2.24) is 24.7 Å². The van der Waals surface area contributed by atoms with Gasteiger partial charge in [-0.05, 0) is 64.9 Å². The Morgan fingerprint density at radius 2 is 2.13 bits per heavy atom. The van der Waals surface area contributed by atoms with Crippen molar-refractivity contribution in [3.05, 3.63) is 48.8 Å². The Labute approximate surface area is 227 Å². The number of hydrogen-bond donors (Lipinski definition) is 2. The number of carbonyl (C=O) groups is 1. The molecule has 0 saturated carbocycles. The molecule has 11 heteroatoms. The quantitative estimate of drug-likeness (QED) is 0.495. The fourth-order valence-electron chi connectivity index (χ4n) is 5.30. The second-order valence-corrected chi connectivity index (χ2v) is 12.1. The Balaban J connectivity index is 1.42. The van der Waals surface area contributed by atoms with Crippen LogP contribution < -0.4 is 16.0 Å². The van der Waals surface area contributed by atoms with Crippen LogP contribution in [0.25, 0.3) is 11.7 Å². The van der Waals surface area contributed by atoms with Gasteiger partial charge in [-0.3, -0.25) is 9.38 Å². The average Bonchev–Trinajstić information content (AvgIpc) is 3.49. The van der Waals surface area contributed by atoms with Crippen LogP contribution in [0.1, 0.15) is 46.2 Å². The minimum atomic E-state index is -0.572. The second-order valence-electron chi connectivity index (χ2n) is 11.0. The lowest BCUT2D eigenvalue weighted by atomic mass is 9.73. The van der Waals surface area contributed by atoms with Crippen molar-refractivity contribution in [2.75, 3.05) is 24.6 Å². The summed E-state index contributed by atoms with van der Waals surface area (Å²) in [6, 6.07) is 3.75. The van der Waals surface area contributed by atoms with Crippen LogP contribution in [0.2, 0.25) is 0 Å². The number of piperidine rings is 1. The third kappa shape index (κ3) is 5.44. The third-order valence-electron chi connectivity index (χ3n) is 6.99. The minimum Gasteiger partial charge on any atom is -0.444 e. The van der Waals surface area contributed by atoms with Crippen molar-refractivity contribution < 1.29 is 14.3 Å². The fraction of sp³-hybridized carbons (Fsp3) is 0.481. The Kier molecular flexibility index (Phi) is 7.23. The first-order chi connectivity index (χ1) is 18.2. The van der Waals surface area contributed by atoms with Crippen molar-refractivity contribution in [3.63, 3.8) is 0 Å². The molecule has 0 radical (unpaired) electrons. The summed E-state index contributed by atoms with van der Waals surface area (Å²) in [7, 11) is 0. The van der Waals surface area contributed by atoms with Gasteiger partial charge in [-0.1, -0.05) is 11.8 Å². The zero-order chi connectivity index (χ0) is 26.9. The highest BCUT2D eigenvalue weighted by atomic mass is 32.2. The first-order valence-electron chi connectivity index (χ1n) is 12.9. The van der Waals surface area contributed by atoms with Gasteiger partial charge in [-0.15, -0.1) is 0 Å². The number of hydrogen-bond acceptors (Lipinski definition) is 9. The van der Waals surface area contributed by atoms with E-state index in [2.05, 4.69) is 27.1 Å². The molecule has 3 aromatic heterocycles. The van der Waals surface area contributed by atoms with Crippen molar-refractivity contribution >= 4 is 35.5 Å². The number of anilines is 1. The van der Waals surface area contributed by atoms with Crippen molar-refractivity contribution in [3.8, 4) is 0 Å². The lowest BCUT2D eigenvalue weighted by Crippen LogP contribution is -2.60. The van der Waals surface area contributed by atoms with Crippen LogP contribution in [0.5, 0.6) is 0 Å². The summed E-state index contributed by atoms with van der Waals surface area (Å²) >= 11 is 1.55. The molecule has 10 nitrogen and oxygen atoms in total. The van der Waals surface area contributed by atoms with E-state index in [1.165, 1.54) is 6.20 Å². The van der Waals surface area contributed by atoms with E-state index in [0.29, 0.717) is 13.2 Å². The maximum Gasteiger partial charge on any atom is 0.407 e. The van der Waals surface area contributed by atoms with E-state index in [9.17, 15) is 4.79 Å². The molecule has 2 unspecified atom stereocenters. The van der Waals surface area contributed by atoms with E-state index in [4.69, 9.17) is 20.2 Å². The molecule has 3 atom stereocenters. The molecule has 3 N–H and O–H groups in total. The Morgan fingerprint density at radius 3 is 2.87 bits per heavy atom. The van der Waals surface area contributed by atoms with Gasteiger partial charge in [0.05, 0.1) is 29.3 Å². The molecule has 5 rings (SSSR count). The summed E-state index contributed by atoms with van der Waals surface area (Å²) in [6.45, 7) is 9.72. The number of imidazole rings is 1. The van der Waals surface area contributed by atoms with Gasteiger partial charge in [0, 0.05) is 48.2 Å². The van der Waals surface area contributed by atoms with Crippen LogP contribution in [0.4, 0.5) is 10.7 Å². The summed E-state index contributed by atoms with van der Waals surface area (Å²) in [5, 5.41) is 3.17. The Bertz CT molecular complexity index is 1340. The molecule has 0 bridgehead atoms. The maximum atomic E-state index is 12.8. The summed E-state index contributed by atoms with van der Waals surface area (Å²) in [6.07, 6.45) is 12.1. The van der Waals surface area contributed by atoms with E-state index in [0.717, 1.165) is 46.5 Å². The highest BCUT2D eigenvalue weighted by molar-refractivity contribution is 7.99. The van der Waals surface area contributed by atoms with Crippen molar-refractivity contribution in [2.24, 2.45) is 11.1 Å². The molecule has 1 spiro atoms. The van der Waals surface area contributed by atoms with E-state index >= 15 is 0 Å². The Hall–Kier alpha value is -3.31. The van der Waals surface area contributed by atoms with Gasteiger partial charge < -0.3 is 25.4 Å². The first kappa shape index (κ1) is 26.3. The molecule has 2 saturated heterocycles. The maximum absolute atomic E-state index is 12.8. The summed E-state index contributed by atoms with van der Waals surface area (Å²) in [5.41, 5.74) is 6.51. The number of nitrogens with zero attached hydrogens (tertiary/aromatic N) is 5. The number of alkyl carbamates (subject to hydrolysis) is 1. The zero-order valence-electron chi connectivity index (χ0n) is 22.3. The third-order valence-corrected chi connectivity index (χ3v) is 8.07. The van der Waals surface area contributed by atoms with Gasteiger partial charge in [-0.2, -0.15) is 0 Å². The average molecular weight is 538 g/mol. The molecule has 5 heterocycles. The van der Waals surface area contributed by atoms with Gasteiger partial charge in [-0.25, -0.2) is 14.8 Å². The number of ether oxygens (including phenoxy) is 2. The lowest BCUT2D eigenvalue weighted by molar-refractivity contribution is 0.0385. The lowest BCUT2D eigenvalue weighted by Gasteiger charge is -2.45. The largest absolute Gasteiger partial charge is 0.444 e. The predicted molar refractivity (Wildman–Crippen MR) is 147 cm³/mol. The number of rotatable bonds is 5. The minimum absolute atomic E-state index is 0.135. The second kappa shape index (κ2) is 10.5. The number of aromatic nitrogens is 4. The van der Waals surface area contributed by atoms with Gasteiger partial charge in [0.2, 0.25) is 5.95 Å². The van der Waals surface area contributed by atoms with Gasteiger partial charge >= 0.3 is 6.09 Å². The van der Waals surface area contributed by atoms with Crippen LogP contribution in [0.15, 0.2) is 52.9 Å². The molecule has 202 valence electrons. The number of carbonyl (C=O) groups excluding carboxylic acids is 1. The zero-order valence-corrected chi connectivity index (χ0v) is 23.1. The van der Waals surface area contributed by atoms with E-state index in [1.54, 1.807) is 30.2 Å². The Morgan fingerprint density at radius 1 is 1.29 bits per heavy atom. The molecule has 2 aliphatic heterocycles. The number of fused-ring (bicyclic) bond motifs is 1. The molecular weight excluding hydrogens is 502 g/mol. The fourth-order valence-corrected chi connectivity index (χ4v) is 6.25.